The average molecular weight is 269 g/mol. The van der Waals surface area contributed by atoms with Crippen LogP contribution in [-0.2, 0) is 0 Å². The maximum absolute atomic E-state index is 9.47. The Labute approximate surface area is 120 Å². The van der Waals surface area contributed by atoms with Crippen molar-refractivity contribution in [2.45, 2.75) is 44.9 Å². The number of rotatable bonds is 3. The Kier molecular flexibility index (Phi) is 2.87. The Bertz CT molecular complexity index is 484. The molecule has 1 aromatic carbocycles. The molecule has 2 heteroatoms. The van der Waals surface area contributed by atoms with E-state index in [0.29, 0.717) is 5.41 Å². The smallest absolute Gasteiger partial charge is 0.0873 e. The van der Waals surface area contributed by atoms with Crippen LogP contribution in [0.3, 0.4) is 0 Å². The largest absolute Gasteiger partial charge is 0.411 e. The zero-order valence-corrected chi connectivity index (χ0v) is 12.0. The summed E-state index contributed by atoms with van der Waals surface area (Å²) < 4.78 is 0. The van der Waals surface area contributed by atoms with Crippen LogP contribution in [0.1, 0.15) is 50.5 Å². The zero-order chi connectivity index (χ0) is 13.6. The zero-order valence-electron chi connectivity index (χ0n) is 12.0. The fraction of sp³-hybridized carbons (Fsp3) is 0.611. The first-order valence-electron chi connectivity index (χ1n) is 8.03. The molecule has 0 amide bonds. The second kappa shape index (κ2) is 4.61. The summed E-state index contributed by atoms with van der Waals surface area (Å²) in [5.41, 5.74) is 2.42. The van der Waals surface area contributed by atoms with Gasteiger partial charge < -0.3 is 5.21 Å². The SMILES string of the molecule is O/N=C(/CC12CC3CC(CC(C3)C1)C2)c1ccccc1. The van der Waals surface area contributed by atoms with Crippen LogP contribution in [0.15, 0.2) is 35.5 Å². The van der Waals surface area contributed by atoms with Crippen molar-refractivity contribution >= 4 is 5.71 Å². The third-order valence-corrected chi connectivity index (χ3v) is 5.94. The highest BCUT2D eigenvalue weighted by atomic mass is 16.4. The van der Waals surface area contributed by atoms with E-state index in [4.69, 9.17) is 0 Å². The van der Waals surface area contributed by atoms with Crippen LogP contribution in [-0.4, -0.2) is 10.9 Å². The van der Waals surface area contributed by atoms with Crippen molar-refractivity contribution in [1.82, 2.24) is 0 Å². The molecule has 20 heavy (non-hydrogen) atoms. The lowest BCUT2D eigenvalue weighted by molar-refractivity contribution is -0.0483. The topological polar surface area (TPSA) is 32.6 Å². The number of benzene rings is 1. The van der Waals surface area contributed by atoms with Crippen molar-refractivity contribution in [1.29, 1.82) is 0 Å². The monoisotopic (exact) mass is 269 g/mol. The summed E-state index contributed by atoms with van der Waals surface area (Å²) in [5, 5.41) is 13.1. The molecule has 0 aliphatic heterocycles. The lowest BCUT2D eigenvalue weighted by Crippen LogP contribution is -2.46. The van der Waals surface area contributed by atoms with E-state index in [1.54, 1.807) is 0 Å². The molecular weight excluding hydrogens is 246 g/mol. The minimum atomic E-state index is 0.437. The lowest BCUT2D eigenvalue weighted by atomic mass is 9.48. The molecule has 0 unspecified atom stereocenters. The fourth-order valence-corrected chi connectivity index (χ4v) is 5.69. The first-order chi connectivity index (χ1) is 9.76. The van der Waals surface area contributed by atoms with E-state index in [2.05, 4.69) is 17.3 Å². The molecule has 4 bridgehead atoms. The van der Waals surface area contributed by atoms with Crippen LogP contribution in [0.5, 0.6) is 0 Å². The Morgan fingerprint density at radius 1 is 1.00 bits per heavy atom. The molecule has 4 saturated carbocycles. The van der Waals surface area contributed by atoms with Crippen molar-refractivity contribution < 1.29 is 5.21 Å². The van der Waals surface area contributed by atoms with Crippen LogP contribution in [0.2, 0.25) is 0 Å². The molecule has 4 aliphatic rings. The number of hydrogen-bond acceptors (Lipinski definition) is 2. The third-order valence-electron chi connectivity index (χ3n) is 5.94. The molecule has 0 saturated heterocycles. The van der Waals surface area contributed by atoms with Gasteiger partial charge in [0.2, 0.25) is 0 Å². The lowest BCUT2D eigenvalue weighted by Gasteiger charge is -2.57. The van der Waals surface area contributed by atoms with Crippen LogP contribution in [0.4, 0.5) is 0 Å². The van der Waals surface area contributed by atoms with Crippen molar-refractivity contribution in [3.63, 3.8) is 0 Å². The molecule has 0 spiro atoms. The summed E-state index contributed by atoms with van der Waals surface area (Å²) in [4.78, 5) is 0. The summed E-state index contributed by atoms with van der Waals surface area (Å²) in [6.45, 7) is 0. The van der Waals surface area contributed by atoms with Crippen molar-refractivity contribution in [3.8, 4) is 0 Å². The predicted octanol–water partition coefficient (Wildman–Crippen LogP) is 4.47. The molecule has 4 fully saturated rings. The Balaban J connectivity index is 1.59. The highest BCUT2D eigenvalue weighted by Gasteiger charge is 2.51. The second-order valence-corrected chi connectivity index (χ2v) is 7.51. The van der Waals surface area contributed by atoms with Gasteiger partial charge in [-0.15, -0.1) is 0 Å². The Morgan fingerprint density at radius 2 is 1.55 bits per heavy atom. The van der Waals surface area contributed by atoms with Crippen molar-refractivity contribution in [2.24, 2.45) is 28.3 Å². The molecule has 0 radical (unpaired) electrons. The van der Waals surface area contributed by atoms with Gasteiger partial charge in [-0.2, -0.15) is 0 Å². The van der Waals surface area contributed by atoms with E-state index in [0.717, 1.165) is 35.4 Å². The fourth-order valence-electron chi connectivity index (χ4n) is 5.69. The quantitative estimate of drug-likeness (QED) is 0.490. The predicted molar refractivity (Wildman–Crippen MR) is 80.0 cm³/mol. The normalized spacial score (nSPS) is 39.2. The van der Waals surface area contributed by atoms with Gasteiger partial charge in [-0.1, -0.05) is 35.5 Å². The van der Waals surface area contributed by atoms with Crippen LogP contribution in [0.25, 0.3) is 0 Å². The van der Waals surface area contributed by atoms with E-state index in [-0.39, 0.29) is 0 Å². The van der Waals surface area contributed by atoms with Crippen molar-refractivity contribution in [2.75, 3.05) is 0 Å². The van der Waals surface area contributed by atoms with Gasteiger partial charge in [0.25, 0.3) is 0 Å². The van der Waals surface area contributed by atoms with Gasteiger partial charge >= 0.3 is 0 Å². The highest BCUT2D eigenvalue weighted by molar-refractivity contribution is 6.00. The highest BCUT2D eigenvalue weighted by Crippen LogP contribution is 2.61. The van der Waals surface area contributed by atoms with Gasteiger partial charge in [-0.05, 0) is 73.7 Å². The molecule has 1 aromatic rings. The summed E-state index contributed by atoms with van der Waals surface area (Å²) in [6, 6.07) is 10.2. The summed E-state index contributed by atoms with van der Waals surface area (Å²) in [6.07, 6.45) is 9.47. The van der Waals surface area contributed by atoms with Gasteiger partial charge in [0.1, 0.15) is 0 Å². The van der Waals surface area contributed by atoms with Gasteiger partial charge in [0.15, 0.2) is 0 Å². The molecule has 0 aromatic heterocycles. The van der Waals surface area contributed by atoms with E-state index < -0.39 is 0 Å². The first-order valence-corrected chi connectivity index (χ1v) is 8.03. The minimum absolute atomic E-state index is 0.437. The van der Waals surface area contributed by atoms with Crippen LogP contribution < -0.4 is 0 Å². The van der Waals surface area contributed by atoms with Gasteiger partial charge in [0, 0.05) is 0 Å². The van der Waals surface area contributed by atoms with Gasteiger partial charge in [0.05, 0.1) is 5.71 Å². The van der Waals surface area contributed by atoms with Crippen LogP contribution in [0, 0.1) is 23.2 Å². The van der Waals surface area contributed by atoms with E-state index in [1.165, 1.54) is 38.5 Å². The molecule has 4 aliphatic carbocycles. The number of oxime groups is 1. The molecule has 106 valence electrons. The molecule has 0 atom stereocenters. The average Bonchev–Trinajstić information content (AvgIpc) is 2.44. The summed E-state index contributed by atoms with van der Waals surface area (Å²) in [7, 11) is 0. The maximum atomic E-state index is 9.47. The van der Waals surface area contributed by atoms with E-state index in [1.807, 2.05) is 18.2 Å². The second-order valence-electron chi connectivity index (χ2n) is 7.51. The minimum Gasteiger partial charge on any atom is -0.411 e. The summed E-state index contributed by atoms with van der Waals surface area (Å²) in [5.74, 6) is 2.87. The molecule has 2 nitrogen and oxygen atoms in total. The Morgan fingerprint density at radius 3 is 2.05 bits per heavy atom. The molecular formula is C18H23NO. The number of nitrogens with zero attached hydrogens (tertiary/aromatic N) is 1. The third kappa shape index (κ3) is 2.06. The van der Waals surface area contributed by atoms with E-state index in [9.17, 15) is 5.21 Å². The van der Waals surface area contributed by atoms with Gasteiger partial charge in [-0.25, -0.2) is 0 Å². The molecule has 5 rings (SSSR count). The molecule has 1 N–H and O–H groups in total. The van der Waals surface area contributed by atoms with Crippen molar-refractivity contribution in [3.05, 3.63) is 35.9 Å². The molecule has 0 heterocycles. The maximum Gasteiger partial charge on any atom is 0.0873 e. The number of hydrogen-bond donors (Lipinski definition) is 1. The standard InChI is InChI=1S/C18H23NO/c20-19-17(16-4-2-1-3-5-16)12-18-9-13-6-14(10-18)8-15(7-13)11-18/h1-5,13-15,20H,6-12H2/b19-17-. The summed E-state index contributed by atoms with van der Waals surface area (Å²) >= 11 is 0. The van der Waals surface area contributed by atoms with E-state index >= 15 is 0 Å². The Hall–Kier alpha value is -1.31. The first kappa shape index (κ1) is 12.4. The van der Waals surface area contributed by atoms with Crippen LogP contribution >= 0.6 is 0 Å². The van der Waals surface area contributed by atoms with Gasteiger partial charge in [-0.3, -0.25) is 0 Å².